The molecule has 0 bridgehead atoms. The molecule has 3 aromatic heterocycles. The van der Waals surface area contributed by atoms with E-state index in [0.29, 0.717) is 29.1 Å². The summed E-state index contributed by atoms with van der Waals surface area (Å²) in [7, 11) is 1.81. The van der Waals surface area contributed by atoms with Crippen LogP contribution in [0.3, 0.4) is 0 Å². The van der Waals surface area contributed by atoms with Gasteiger partial charge in [0.25, 0.3) is 0 Å². The third-order valence-electron chi connectivity index (χ3n) is 4.51. The molecule has 9 nitrogen and oxygen atoms in total. The lowest BCUT2D eigenvalue weighted by Crippen LogP contribution is -2.38. The van der Waals surface area contributed by atoms with Crippen LogP contribution in [0.1, 0.15) is 20.8 Å². The average Bonchev–Trinajstić information content (AvgIpc) is 3.12. The Balaban J connectivity index is 1.62. The highest BCUT2D eigenvalue weighted by Gasteiger charge is 2.28. The number of rotatable bonds is 4. The Morgan fingerprint density at radius 1 is 1.26 bits per heavy atom. The number of hydrogen-bond acceptors (Lipinski definition) is 8. The lowest BCUT2D eigenvalue weighted by Gasteiger charge is -2.28. The van der Waals surface area contributed by atoms with Gasteiger partial charge in [0.2, 0.25) is 0 Å². The first-order chi connectivity index (χ1) is 12.9. The normalized spacial score (nSPS) is 15.7. The number of aryl methyl sites for hydroxylation is 1. The summed E-state index contributed by atoms with van der Waals surface area (Å²) in [6, 6.07) is 4.21. The van der Waals surface area contributed by atoms with Crippen molar-refractivity contribution < 1.29 is 0 Å². The van der Waals surface area contributed by atoms with Gasteiger partial charge < -0.3 is 21.3 Å². The van der Waals surface area contributed by atoms with Crippen molar-refractivity contribution in [2.45, 2.75) is 33.0 Å². The Hall–Kier alpha value is -3.36. The van der Waals surface area contributed by atoms with Gasteiger partial charge in [-0.05, 0) is 26.8 Å². The number of nitrogen functional groups attached to an aromatic ring is 1. The van der Waals surface area contributed by atoms with Crippen LogP contribution in [0, 0.1) is 0 Å². The summed E-state index contributed by atoms with van der Waals surface area (Å²) in [6.07, 6.45) is 5.57. The Labute approximate surface area is 157 Å². The summed E-state index contributed by atoms with van der Waals surface area (Å²) in [4.78, 5) is 15.7. The van der Waals surface area contributed by atoms with Crippen molar-refractivity contribution in [2.24, 2.45) is 7.05 Å². The molecule has 1 aliphatic rings. The fourth-order valence-electron chi connectivity index (χ4n) is 3.43. The predicted molar refractivity (Wildman–Crippen MR) is 107 cm³/mol. The van der Waals surface area contributed by atoms with Crippen LogP contribution in [0.15, 0.2) is 30.7 Å². The molecule has 0 radical (unpaired) electrons. The first kappa shape index (κ1) is 17.1. The van der Waals surface area contributed by atoms with E-state index in [1.165, 1.54) is 0 Å². The number of aromatic nitrogens is 5. The SMILES string of the molecule is CC(C)N1c2cc(Nc3ccnc(-c4cn(C)nc4N)n3)ncc2NC1C. The minimum atomic E-state index is 0.233. The van der Waals surface area contributed by atoms with Crippen LogP contribution in [0.5, 0.6) is 0 Å². The molecule has 140 valence electrons. The molecule has 27 heavy (non-hydrogen) atoms. The fourth-order valence-corrected chi connectivity index (χ4v) is 3.43. The Kier molecular flexibility index (Phi) is 4.06. The van der Waals surface area contributed by atoms with Gasteiger partial charge in [0.05, 0.1) is 29.3 Å². The fraction of sp³-hybridized carbons (Fsp3) is 0.333. The van der Waals surface area contributed by atoms with Crippen molar-refractivity contribution >= 4 is 28.8 Å². The molecule has 0 aliphatic carbocycles. The molecular formula is C18H23N9. The van der Waals surface area contributed by atoms with E-state index in [-0.39, 0.29) is 6.17 Å². The number of anilines is 5. The minimum Gasteiger partial charge on any atom is -0.382 e. The third-order valence-corrected chi connectivity index (χ3v) is 4.51. The zero-order chi connectivity index (χ0) is 19.1. The van der Waals surface area contributed by atoms with Gasteiger partial charge in [-0.25, -0.2) is 15.0 Å². The zero-order valence-corrected chi connectivity index (χ0v) is 15.8. The van der Waals surface area contributed by atoms with Gasteiger partial charge in [-0.2, -0.15) is 5.10 Å². The topological polar surface area (TPSA) is 110 Å². The van der Waals surface area contributed by atoms with Crippen LogP contribution < -0.4 is 21.3 Å². The first-order valence-corrected chi connectivity index (χ1v) is 8.87. The molecule has 0 saturated carbocycles. The highest BCUT2D eigenvalue weighted by molar-refractivity contribution is 5.79. The van der Waals surface area contributed by atoms with Crippen LogP contribution in [-0.2, 0) is 7.05 Å². The Morgan fingerprint density at radius 3 is 2.78 bits per heavy atom. The molecule has 0 spiro atoms. The minimum absolute atomic E-state index is 0.233. The molecule has 0 saturated heterocycles. The number of fused-ring (bicyclic) bond motifs is 1. The van der Waals surface area contributed by atoms with Crippen LogP contribution in [0.25, 0.3) is 11.4 Å². The molecule has 4 rings (SSSR count). The highest BCUT2D eigenvalue weighted by atomic mass is 15.3. The summed E-state index contributed by atoms with van der Waals surface area (Å²) >= 11 is 0. The lowest BCUT2D eigenvalue weighted by molar-refractivity contribution is 0.638. The van der Waals surface area contributed by atoms with Crippen molar-refractivity contribution in [3.05, 3.63) is 30.7 Å². The molecule has 4 heterocycles. The second-order valence-corrected chi connectivity index (χ2v) is 6.90. The molecule has 0 aromatic carbocycles. The Morgan fingerprint density at radius 2 is 2.07 bits per heavy atom. The van der Waals surface area contributed by atoms with E-state index < -0.39 is 0 Å². The van der Waals surface area contributed by atoms with Gasteiger partial charge in [0, 0.05) is 31.5 Å². The van der Waals surface area contributed by atoms with E-state index in [1.807, 2.05) is 19.3 Å². The van der Waals surface area contributed by atoms with E-state index in [4.69, 9.17) is 5.73 Å². The standard InChI is InChI=1S/C18H23N9/c1-10(2)27-11(3)22-13-8-21-16(7-14(13)27)23-15-5-6-20-18(24-15)12-9-26(4)25-17(12)19/h5-11,22H,1-4H3,(H2,19,25)(H,20,21,23,24). The molecule has 1 atom stereocenters. The summed E-state index contributed by atoms with van der Waals surface area (Å²) < 4.78 is 1.64. The van der Waals surface area contributed by atoms with Crippen molar-refractivity contribution in [1.82, 2.24) is 24.7 Å². The summed E-state index contributed by atoms with van der Waals surface area (Å²) in [5.41, 5.74) is 8.80. The number of nitrogens with one attached hydrogen (secondary N) is 2. The summed E-state index contributed by atoms with van der Waals surface area (Å²) in [5, 5.41) is 10.8. The maximum absolute atomic E-state index is 5.94. The molecule has 0 amide bonds. The smallest absolute Gasteiger partial charge is 0.166 e. The monoisotopic (exact) mass is 365 g/mol. The van der Waals surface area contributed by atoms with Crippen molar-refractivity contribution in [3.8, 4) is 11.4 Å². The third kappa shape index (κ3) is 3.12. The molecule has 3 aromatic rings. The number of pyridine rings is 1. The van der Waals surface area contributed by atoms with Crippen LogP contribution in [-0.4, -0.2) is 36.9 Å². The maximum atomic E-state index is 5.94. The molecular weight excluding hydrogens is 342 g/mol. The van der Waals surface area contributed by atoms with Crippen LogP contribution in [0.4, 0.5) is 28.8 Å². The maximum Gasteiger partial charge on any atom is 0.166 e. The molecule has 1 aliphatic heterocycles. The number of nitrogens with two attached hydrogens (primary N) is 1. The molecule has 0 fully saturated rings. The molecule has 1 unspecified atom stereocenters. The predicted octanol–water partition coefficient (Wildman–Crippen LogP) is 2.58. The molecule has 9 heteroatoms. The van der Waals surface area contributed by atoms with E-state index in [9.17, 15) is 0 Å². The molecule has 4 N–H and O–H groups in total. The number of nitrogens with zero attached hydrogens (tertiary/aromatic N) is 6. The van der Waals surface area contributed by atoms with Crippen molar-refractivity contribution in [2.75, 3.05) is 21.3 Å². The van der Waals surface area contributed by atoms with Gasteiger partial charge in [0.1, 0.15) is 11.6 Å². The second kappa shape index (κ2) is 6.42. The van der Waals surface area contributed by atoms with Crippen molar-refractivity contribution in [3.63, 3.8) is 0 Å². The quantitative estimate of drug-likeness (QED) is 0.647. The van der Waals surface area contributed by atoms with Crippen LogP contribution >= 0.6 is 0 Å². The van der Waals surface area contributed by atoms with Gasteiger partial charge in [0.15, 0.2) is 11.6 Å². The van der Waals surface area contributed by atoms with E-state index in [0.717, 1.165) is 17.2 Å². The van der Waals surface area contributed by atoms with Crippen molar-refractivity contribution in [1.29, 1.82) is 0 Å². The van der Waals surface area contributed by atoms with E-state index in [1.54, 1.807) is 23.1 Å². The van der Waals surface area contributed by atoms with Gasteiger partial charge >= 0.3 is 0 Å². The Bertz CT molecular complexity index is 979. The first-order valence-electron chi connectivity index (χ1n) is 8.87. The van der Waals surface area contributed by atoms with Gasteiger partial charge in [-0.1, -0.05) is 0 Å². The summed E-state index contributed by atoms with van der Waals surface area (Å²) in [5.74, 6) is 2.29. The van der Waals surface area contributed by atoms with Gasteiger partial charge in [-0.15, -0.1) is 0 Å². The second-order valence-electron chi connectivity index (χ2n) is 6.90. The average molecular weight is 365 g/mol. The lowest BCUT2D eigenvalue weighted by atomic mass is 10.2. The zero-order valence-electron chi connectivity index (χ0n) is 15.8. The van der Waals surface area contributed by atoms with Crippen LogP contribution in [0.2, 0.25) is 0 Å². The highest BCUT2D eigenvalue weighted by Crippen LogP contribution is 2.37. The van der Waals surface area contributed by atoms with E-state index in [2.05, 4.69) is 56.4 Å². The van der Waals surface area contributed by atoms with Gasteiger partial charge in [-0.3, -0.25) is 4.68 Å². The largest absolute Gasteiger partial charge is 0.382 e. The number of hydrogen-bond donors (Lipinski definition) is 3. The van der Waals surface area contributed by atoms with E-state index >= 15 is 0 Å². The summed E-state index contributed by atoms with van der Waals surface area (Å²) in [6.45, 7) is 6.49.